The predicted molar refractivity (Wildman–Crippen MR) is 69.1 cm³/mol. The average Bonchev–Trinajstić information content (AvgIpc) is 2.82. The summed E-state index contributed by atoms with van der Waals surface area (Å²) in [7, 11) is 0. The quantitative estimate of drug-likeness (QED) is 0.831. The lowest BCUT2D eigenvalue weighted by Crippen LogP contribution is -2.23. The number of rotatable bonds is 4. The third-order valence-corrected chi connectivity index (χ3v) is 4.00. The first kappa shape index (κ1) is 11.2. The Kier molecular flexibility index (Phi) is 2.93. The second-order valence-electron chi connectivity index (χ2n) is 5.72. The van der Waals surface area contributed by atoms with Gasteiger partial charge in [0.25, 0.3) is 0 Å². The van der Waals surface area contributed by atoms with Crippen molar-refractivity contribution in [2.45, 2.75) is 50.2 Å². The molecule has 2 aliphatic rings. The van der Waals surface area contributed by atoms with Crippen molar-refractivity contribution >= 4 is 0 Å². The SMILES string of the molecule is OC1(Cc2cccc(CC3CCCN3)c2)CC1. The Morgan fingerprint density at radius 3 is 2.82 bits per heavy atom. The van der Waals surface area contributed by atoms with Crippen LogP contribution in [-0.4, -0.2) is 23.3 Å². The van der Waals surface area contributed by atoms with Crippen LogP contribution in [0, 0.1) is 0 Å². The third kappa shape index (κ3) is 2.88. The first-order valence-electron chi connectivity index (χ1n) is 6.77. The van der Waals surface area contributed by atoms with E-state index in [0.29, 0.717) is 6.04 Å². The van der Waals surface area contributed by atoms with E-state index in [1.54, 1.807) is 0 Å². The van der Waals surface area contributed by atoms with Gasteiger partial charge in [0.1, 0.15) is 0 Å². The minimum Gasteiger partial charge on any atom is -0.390 e. The molecule has 1 aliphatic carbocycles. The van der Waals surface area contributed by atoms with Crippen LogP contribution in [0.1, 0.15) is 36.8 Å². The van der Waals surface area contributed by atoms with Crippen LogP contribution in [0.5, 0.6) is 0 Å². The Morgan fingerprint density at radius 2 is 2.12 bits per heavy atom. The number of benzene rings is 1. The number of hydrogen-bond donors (Lipinski definition) is 2. The van der Waals surface area contributed by atoms with Crippen molar-refractivity contribution in [2.75, 3.05) is 6.54 Å². The van der Waals surface area contributed by atoms with Crippen LogP contribution in [-0.2, 0) is 12.8 Å². The fraction of sp³-hybridized carbons (Fsp3) is 0.600. The highest BCUT2D eigenvalue weighted by Gasteiger charge is 2.40. The van der Waals surface area contributed by atoms with Gasteiger partial charge in [0.15, 0.2) is 0 Å². The van der Waals surface area contributed by atoms with Crippen molar-refractivity contribution in [1.29, 1.82) is 0 Å². The van der Waals surface area contributed by atoms with Gasteiger partial charge in [0, 0.05) is 12.5 Å². The highest BCUT2D eigenvalue weighted by Crippen LogP contribution is 2.38. The summed E-state index contributed by atoms with van der Waals surface area (Å²) < 4.78 is 0. The summed E-state index contributed by atoms with van der Waals surface area (Å²) in [6, 6.07) is 9.42. The highest BCUT2D eigenvalue weighted by molar-refractivity contribution is 5.26. The molecular weight excluding hydrogens is 210 g/mol. The number of hydrogen-bond acceptors (Lipinski definition) is 2. The van der Waals surface area contributed by atoms with Crippen LogP contribution in [0.4, 0.5) is 0 Å². The summed E-state index contributed by atoms with van der Waals surface area (Å²) >= 11 is 0. The van der Waals surface area contributed by atoms with Crippen LogP contribution >= 0.6 is 0 Å². The van der Waals surface area contributed by atoms with Gasteiger partial charge in [-0.3, -0.25) is 0 Å². The van der Waals surface area contributed by atoms with Crippen LogP contribution in [0.25, 0.3) is 0 Å². The van der Waals surface area contributed by atoms with E-state index in [2.05, 4.69) is 29.6 Å². The van der Waals surface area contributed by atoms with Gasteiger partial charge >= 0.3 is 0 Å². The Labute approximate surface area is 103 Å². The Bertz CT molecular complexity index is 392. The molecule has 1 aromatic rings. The molecule has 2 N–H and O–H groups in total. The molecule has 17 heavy (non-hydrogen) atoms. The lowest BCUT2D eigenvalue weighted by Gasteiger charge is -2.12. The molecule has 0 aromatic heterocycles. The summed E-state index contributed by atoms with van der Waals surface area (Å²) in [4.78, 5) is 0. The fourth-order valence-electron chi connectivity index (χ4n) is 2.78. The monoisotopic (exact) mass is 231 g/mol. The van der Waals surface area contributed by atoms with E-state index < -0.39 is 0 Å². The Balaban J connectivity index is 1.65. The van der Waals surface area contributed by atoms with Crippen LogP contribution in [0.15, 0.2) is 24.3 Å². The standard InChI is InChI=1S/C15H21NO/c17-15(6-7-15)11-13-4-1-3-12(9-13)10-14-5-2-8-16-14/h1,3-4,9,14,16-17H,2,5-8,10-11H2. The van der Waals surface area contributed by atoms with Gasteiger partial charge < -0.3 is 10.4 Å². The van der Waals surface area contributed by atoms with Gasteiger partial charge in [0.05, 0.1) is 5.60 Å². The van der Waals surface area contributed by atoms with Crippen molar-refractivity contribution in [1.82, 2.24) is 5.32 Å². The second kappa shape index (κ2) is 4.43. The molecule has 2 nitrogen and oxygen atoms in total. The first-order chi connectivity index (χ1) is 8.23. The minimum absolute atomic E-state index is 0.371. The zero-order valence-corrected chi connectivity index (χ0v) is 10.3. The molecule has 1 saturated heterocycles. The molecule has 92 valence electrons. The molecule has 1 saturated carbocycles. The Hall–Kier alpha value is -0.860. The van der Waals surface area contributed by atoms with E-state index in [4.69, 9.17) is 0 Å². The van der Waals surface area contributed by atoms with Crippen molar-refractivity contribution in [3.63, 3.8) is 0 Å². The maximum atomic E-state index is 9.94. The molecule has 3 rings (SSSR count). The largest absolute Gasteiger partial charge is 0.390 e. The fourth-order valence-corrected chi connectivity index (χ4v) is 2.78. The third-order valence-electron chi connectivity index (χ3n) is 4.00. The van der Waals surface area contributed by atoms with Crippen LogP contribution < -0.4 is 5.32 Å². The molecule has 0 radical (unpaired) electrons. The summed E-state index contributed by atoms with van der Waals surface area (Å²) in [5.74, 6) is 0. The van der Waals surface area contributed by atoms with Crippen molar-refractivity contribution in [2.24, 2.45) is 0 Å². The van der Waals surface area contributed by atoms with Gasteiger partial charge in [-0.15, -0.1) is 0 Å². The van der Waals surface area contributed by atoms with E-state index >= 15 is 0 Å². The minimum atomic E-state index is -0.371. The van der Waals surface area contributed by atoms with E-state index in [1.165, 1.54) is 30.5 Å². The molecule has 1 aliphatic heterocycles. The lowest BCUT2D eigenvalue weighted by molar-refractivity contribution is 0.151. The molecule has 0 bridgehead atoms. The molecule has 0 spiro atoms. The summed E-state index contributed by atoms with van der Waals surface area (Å²) in [5, 5.41) is 13.5. The van der Waals surface area contributed by atoms with Gasteiger partial charge in [-0.05, 0) is 49.8 Å². The lowest BCUT2D eigenvalue weighted by atomic mass is 9.99. The zero-order chi connectivity index (χ0) is 11.7. The van der Waals surface area contributed by atoms with Crippen molar-refractivity contribution in [3.05, 3.63) is 35.4 Å². The van der Waals surface area contributed by atoms with E-state index in [1.807, 2.05) is 0 Å². The van der Waals surface area contributed by atoms with Gasteiger partial charge in [-0.2, -0.15) is 0 Å². The Morgan fingerprint density at radius 1 is 1.29 bits per heavy atom. The van der Waals surface area contributed by atoms with E-state index in [-0.39, 0.29) is 5.60 Å². The summed E-state index contributed by atoms with van der Waals surface area (Å²) in [5.41, 5.74) is 2.33. The van der Waals surface area contributed by atoms with Gasteiger partial charge in [-0.1, -0.05) is 24.3 Å². The second-order valence-corrected chi connectivity index (χ2v) is 5.72. The molecule has 2 heteroatoms. The van der Waals surface area contributed by atoms with E-state index in [0.717, 1.165) is 25.7 Å². The van der Waals surface area contributed by atoms with Crippen LogP contribution in [0.3, 0.4) is 0 Å². The zero-order valence-electron chi connectivity index (χ0n) is 10.3. The maximum Gasteiger partial charge on any atom is 0.0690 e. The molecule has 1 unspecified atom stereocenters. The summed E-state index contributed by atoms with van der Waals surface area (Å²) in [6.45, 7) is 1.17. The number of nitrogens with one attached hydrogen (secondary N) is 1. The molecule has 2 fully saturated rings. The van der Waals surface area contributed by atoms with Crippen molar-refractivity contribution in [3.8, 4) is 0 Å². The normalized spacial score (nSPS) is 26.1. The molecular formula is C15H21NO. The molecule has 1 heterocycles. The molecule has 1 atom stereocenters. The van der Waals surface area contributed by atoms with Crippen LogP contribution in [0.2, 0.25) is 0 Å². The topological polar surface area (TPSA) is 32.3 Å². The van der Waals surface area contributed by atoms with E-state index in [9.17, 15) is 5.11 Å². The number of aliphatic hydroxyl groups is 1. The maximum absolute atomic E-state index is 9.94. The van der Waals surface area contributed by atoms with Gasteiger partial charge in [-0.25, -0.2) is 0 Å². The summed E-state index contributed by atoms with van der Waals surface area (Å²) in [6.07, 6.45) is 6.52. The molecule has 0 amide bonds. The average molecular weight is 231 g/mol. The first-order valence-corrected chi connectivity index (χ1v) is 6.77. The predicted octanol–water partition coefficient (Wildman–Crippen LogP) is 2.05. The van der Waals surface area contributed by atoms with Crippen molar-refractivity contribution < 1.29 is 5.11 Å². The van der Waals surface area contributed by atoms with Gasteiger partial charge in [0.2, 0.25) is 0 Å². The smallest absolute Gasteiger partial charge is 0.0690 e. The molecule has 1 aromatic carbocycles. The highest BCUT2D eigenvalue weighted by atomic mass is 16.3.